The summed E-state index contributed by atoms with van der Waals surface area (Å²) in [7, 11) is 0. The smallest absolute Gasteiger partial charge is 0.326 e. The highest BCUT2D eigenvalue weighted by Crippen LogP contribution is 2.02. The van der Waals surface area contributed by atoms with Crippen LogP contribution in [-0.4, -0.2) is 51.5 Å². The minimum absolute atomic E-state index is 0.0126. The first kappa shape index (κ1) is 16.2. The van der Waals surface area contributed by atoms with Crippen molar-refractivity contribution in [3.8, 4) is 0 Å². The van der Waals surface area contributed by atoms with Crippen LogP contribution in [0.5, 0.6) is 0 Å². The second-order valence-corrected chi connectivity index (χ2v) is 4.43. The Morgan fingerprint density at radius 1 is 1.22 bits per heavy atom. The molecule has 18 heavy (non-hydrogen) atoms. The number of hydrogen-bond acceptors (Lipinski definition) is 5. The molecule has 102 valence electrons. The van der Waals surface area contributed by atoms with Crippen LogP contribution in [0.1, 0.15) is 12.8 Å². The Kier molecular flexibility index (Phi) is 7.52. The number of primary amides is 1. The molecule has 0 aliphatic carbocycles. The van der Waals surface area contributed by atoms with Crippen molar-refractivity contribution in [2.45, 2.75) is 18.9 Å². The monoisotopic (exact) mass is 278 g/mol. The molecule has 0 aromatic rings. The normalized spacial score (nSPS) is 11.6. The van der Waals surface area contributed by atoms with Gasteiger partial charge in [0.05, 0.1) is 12.2 Å². The predicted molar refractivity (Wildman–Crippen MR) is 63.0 cm³/mol. The van der Waals surface area contributed by atoms with Gasteiger partial charge in [-0.15, -0.1) is 0 Å². The van der Waals surface area contributed by atoms with Gasteiger partial charge in [0.1, 0.15) is 6.04 Å². The van der Waals surface area contributed by atoms with E-state index in [1.165, 1.54) is 0 Å². The molecule has 0 rings (SSSR count). The molecule has 1 atom stereocenters. The Bertz CT molecular complexity index is 346. The number of carbonyl (C=O) groups is 4. The molecule has 0 aliphatic rings. The van der Waals surface area contributed by atoms with Gasteiger partial charge >= 0.3 is 11.9 Å². The summed E-state index contributed by atoms with van der Waals surface area (Å²) in [6, 6.07) is -1.45. The van der Waals surface area contributed by atoms with Gasteiger partial charge in [-0.1, -0.05) is 0 Å². The van der Waals surface area contributed by atoms with E-state index in [-0.39, 0.29) is 12.2 Å². The van der Waals surface area contributed by atoms with Crippen LogP contribution in [0.3, 0.4) is 0 Å². The quantitative estimate of drug-likeness (QED) is 0.381. The average Bonchev–Trinajstić information content (AvgIpc) is 2.22. The molecule has 9 heteroatoms. The Labute approximate surface area is 107 Å². The highest BCUT2D eigenvalue weighted by Gasteiger charge is 2.22. The van der Waals surface area contributed by atoms with Crippen LogP contribution in [0.15, 0.2) is 0 Å². The number of carbonyl (C=O) groups excluding carboxylic acids is 2. The first-order valence-electron chi connectivity index (χ1n) is 4.93. The third-order valence-corrected chi connectivity index (χ3v) is 2.71. The lowest BCUT2D eigenvalue weighted by atomic mass is 10.2. The Balaban J connectivity index is 3.99. The molecule has 0 saturated carbocycles. The first-order valence-corrected chi connectivity index (χ1v) is 6.08. The summed E-state index contributed by atoms with van der Waals surface area (Å²) < 4.78 is 0. The van der Waals surface area contributed by atoms with Crippen molar-refractivity contribution < 1.29 is 29.4 Å². The van der Waals surface area contributed by atoms with Gasteiger partial charge < -0.3 is 21.3 Å². The fourth-order valence-corrected chi connectivity index (χ4v) is 1.65. The summed E-state index contributed by atoms with van der Waals surface area (Å²) in [5, 5.41) is 19.2. The molecule has 0 bridgehead atoms. The third kappa shape index (κ3) is 8.39. The van der Waals surface area contributed by atoms with Crippen LogP contribution in [-0.2, 0) is 19.2 Å². The van der Waals surface area contributed by atoms with Gasteiger partial charge in [0.15, 0.2) is 0 Å². The number of carboxylic acid groups (broad SMARTS) is 2. The predicted octanol–water partition coefficient (Wildman–Crippen LogP) is -1.36. The van der Waals surface area contributed by atoms with Crippen LogP contribution in [0.2, 0.25) is 0 Å². The first-order chi connectivity index (χ1) is 8.32. The van der Waals surface area contributed by atoms with E-state index >= 15 is 0 Å². The van der Waals surface area contributed by atoms with E-state index in [0.717, 1.165) is 11.8 Å². The molecule has 8 nitrogen and oxygen atoms in total. The van der Waals surface area contributed by atoms with Gasteiger partial charge in [-0.2, -0.15) is 11.8 Å². The van der Waals surface area contributed by atoms with E-state index in [2.05, 4.69) is 5.32 Å². The van der Waals surface area contributed by atoms with Crippen LogP contribution in [0, 0.1) is 0 Å². The van der Waals surface area contributed by atoms with Crippen molar-refractivity contribution in [2.24, 2.45) is 5.73 Å². The molecule has 0 aromatic carbocycles. The maximum atomic E-state index is 11.3. The standard InChI is InChI=1S/C9H14N2O6S/c10-6(12)4-18-2-1-7(13)11-5(9(16)17)3-8(14)15/h5H,1-4H2,(H2,10,12)(H,11,13)(H,14,15)(H,16,17)/t5-/m0/s1. The van der Waals surface area contributed by atoms with Crippen molar-refractivity contribution in [3.63, 3.8) is 0 Å². The Morgan fingerprint density at radius 3 is 2.28 bits per heavy atom. The van der Waals surface area contributed by atoms with E-state index in [1.54, 1.807) is 0 Å². The zero-order valence-electron chi connectivity index (χ0n) is 9.42. The second kappa shape index (κ2) is 8.34. The Morgan fingerprint density at radius 2 is 1.83 bits per heavy atom. The SMILES string of the molecule is NC(=O)CSCCC(=O)N[C@@H](CC(=O)O)C(=O)O. The van der Waals surface area contributed by atoms with Crippen LogP contribution < -0.4 is 11.1 Å². The summed E-state index contributed by atoms with van der Waals surface area (Å²) in [5.74, 6) is -3.43. The summed E-state index contributed by atoms with van der Waals surface area (Å²) in [5.41, 5.74) is 4.88. The highest BCUT2D eigenvalue weighted by atomic mass is 32.2. The van der Waals surface area contributed by atoms with Crippen LogP contribution in [0.4, 0.5) is 0 Å². The molecular weight excluding hydrogens is 264 g/mol. The zero-order chi connectivity index (χ0) is 14.1. The third-order valence-electron chi connectivity index (χ3n) is 1.73. The van der Waals surface area contributed by atoms with Gasteiger partial charge in [0.25, 0.3) is 0 Å². The minimum Gasteiger partial charge on any atom is -0.481 e. The van der Waals surface area contributed by atoms with Gasteiger partial charge in [0, 0.05) is 12.2 Å². The topological polar surface area (TPSA) is 147 Å². The molecule has 5 N–H and O–H groups in total. The van der Waals surface area contributed by atoms with Gasteiger partial charge in [-0.25, -0.2) is 4.79 Å². The van der Waals surface area contributed by atoms with E-state index < -0.39 is 36.2 Å². The van der Waals surface area contributed by atoms with Crippen molar-refractivity contribution in [2.75, 3.05) is 11.5 Å². The number of aliphatic carboxylic acids is 2. The van der Waals surface area contributed by atoms with Crippen molar-refractivity contribution in [3.05, 3.63) is 0 Å². The average molecular weight is 278 g/mol. The highest BCUT2D eigenvalue weighted by molar-refractivity contribution is 7.99. The summed E-state index contributed by atoms with van der Waals surface area (Å²) in [6.45, 7) is 0. The lowest BCUT2D eigenvalue weighted by Crippen LogP contribution is -2.42. The maximum Gasteiger partial charge on any atom is 0.326 e. The fraction of sp³-hybridized carbons (Fsp3) is 0.556. The molecule has 0 radical (unpaired) electrons. The largest absolute Gasteiger partial charge is 0.481 e. The molecule has 0 spiro atoms. The van der Waals surface area contributed by atoms with E-state index in [4.69, 9.17) is 15.9 Å². The Hall–Kier alpha value is -1.77. The number of nitrogens with one attached hydrogen (secondary N) is 1. The van der Waals surface area contributed by atoms with Crippen molar-refractivity contribution in [1.82, 2.24) is 5.32 Å². The molecule has 0 saturated heterocycles. The van der Waals surface area contributed by atoms with E-state index in [9.17, 15) is 19.2 Å². The molecular formula is C9H14N2O6S. The summed E-state index contributed by atoms with van der Waals surface area (Å²) in [6.07, 6.45) is -0.698. The zero-order valence-corrected chi connectivity index (χ0v) is 10.2. The molecule has 2 amide bonds. The number of nitrogens with two attached hydrogens (primary N) is 1. The van der Waals surface area contributed by atoms with E-state index in [1.807, 2.05) is 0 Å². The number of amides is 2. The molecule has 0 aromatic heterocycles. The fourth-order valence-electron chi connectivity index (χ4n) is 0.979. The van der Waals surface area contributed by atoms with Crippen LogP contribution in [0.25, 0.3) is 0 Å². The minimum atomic E-state index is -1.45. The molecule has 0 unspecified atom stereocenters. The van der Waals surface area contributed by atoms with Crippen molar-refractivity contribution >= 4 is 35.5 Å². The lowest BCUT2D eigenvalue weighted by Gasteiger charge is -2.11. The van der Waals surface area contributed by atoms with Gasteiger partial charge in [-0.05, 0) is 0 Å². The number of rotatable bonds is 9. The summed E-state index contributed by atoms with van der Waals surface area (Å²) in [4.78, 5) is 42.7. The van der Waals surface area contributed by atoms with E-state index in [0.29, 0.717) is 5.75 Å². The van der Waals surface area contributed by atoms with Gasteiger partial charge in [0.2, 0.25) is 11.8 Å². The second-order valence-electron chi connectivity index (χ2n) is 3.33. The maximum absolute atomic E-state index is 11.3. The van der Waals surface area contributed by atoms with Crippen LogP contribution >= 0.6 is 11.8 Å². The van der Waals surface area contributed by atoms with Gasteiger partial charge in [-0.3, -0.25) is 14.4 Å². The lowest BCUT2D eigenvalue weighted by molar-refractivity contribution is -0.147. The number of carboxylic acids is 2. The molecule has 0 heterocycles. The molecule has 0 fully saturated rings. The summed E-state index contributed by atoms with van der Waals surface area (Å²) >= 11 is 1.14. The van der Waals surface area contributed by atoms with Crippen molar-refractivity contribution in [1.29, 1.82) is 0 Å². The number of thioether (sulfide) groups is 1. The molecule has 0 aliphatic heterocycles. The number of hydrogen-bond donors (Lipinski definition) is 4.